The molecule has 11 heteroatoms. The van der Waals surface area contributed by atoms with Crippen molar-refractivity contribution < 1.29 is 22.8 Å². The van der Waals surface area contributed by atoms with Crippen LogP contribution < -0.4 is 10.6 Å². The average Bonchev–Trinajstić information content (AvgIpc) is 3.13. The second kappa shape index (κ2) is 14.6. The minimum atomic E-state index is -2.91. The largest absolute Gasteiger partial charge is 0.361 e. The molecule has 3 aromatic carbocycles. The Balaban J connectivity index is 1.02. The molecule has 2 atom stereocenters. The lowest BCUT2D eigenvalue weighted by Gasteiger charge is -2.32. The van der Waals surface area contributed by atoms with E-state index in [9.17, 15) is 22.8 Å². The highest BCUT2D eigenvalue weighted by molar-refractivity contribution is 6.01. The molecule has 5 aromatic rings. The molecule has 8 nitrogen and oxygen atoms in total. The Bertz CT molecular complexity index is 2080. The second-order valence-electron chi connectivity index (χ2n) is 13.6. The predicted octanol–water partition coefficient (Wildman–Crippen LogP) is 8.15. The van der Waals surface area contributed by atoms with Crippen LogP contribution in [0.25, 0.3) is 22.0 Å². The number of amides is 2. The number of nitrogens with one attached hydrogen (secondary N) is 2. The van der Waals surface area contributed by atoms with Crippen molar-refractivity contribution in [1.29, 1.82) is 0 Å². The maximum Gasteiger partial charge on any atom is 0.266 e. The lowest BCUT2D eigenvalue weighted by molar-refractivity contribution is -0.134. The van der Waals surface area contributed by atoms with Gasteiger partial charge in [0.25, 0.3) is 6.43 Å². The Morgan fingerprint density at radius 2 is 1.63 bits per heavy atom. The van der Waals surface area contributed by atoms with Gasteiger partial charge in [-0.3, -0.25) is 24.8 Å². The van der Waals surface area contributed by atoms with E-state index in [1.54, 1.807) is 13.1 Å². The number of rotatable bonds is 9. The number of halogens is 3. The van der Waals surface area contributed by atoms with Crippen molar-refractivity contribution in [2.75, 3.05) is 18.4 Å². The van der Waals surface area contributed by atoms with Crippen molar-refractivity contribution in [2.45, 2.75) is 70.4 Å². The first-order valence-corrected chi connectivity index (χ1v) is 17.4. The van der Waals surface area contributed by atoms with E-state index in [1.165, 1.54) is 23.3 Å². The number of imide groups is 1. The lowest BCUT2D eigenvalue weighted by Crippen LogP contribution is -2.39. The first-order valence-electron chi connectivity index (χ1n) is 17.4. The van der Waals surface area contributed by atoms with Gasteiger partial charge in [-0.15, -0.1) is 5.10 Å². The molecule has 2 aliphatic heterocycles. The summed E-state index contributed by atoms with van der Waals surface area (Å²) < 4.78 is 41.7. The Morgan fingerprint density at radius 1 is 0.902 bits per heavy atom. The normalized spacial score (nSPS) is 17.9. The van der Waals surface area contributed by atoms with Crippen molar-refractivity contribution in [3.05, 3.63) is 118 Å². The van der Waals surface area contributed by atoms with E-state index >= 15 is 0 Å². The quantitative estimate of drug-likeness (QED) is 0.151. The minimum Gasteiger partial charge on any atom is -0.361 e. The highest BCUT2D eigenvalue weighted by Gasteiger charge is 2.28. The molecule has 0 aliphatic carbocycles. The molecule has 2 amide bonds. The van der Waals surface area contributed by atoms with Crippen LogP contribution >= 0.6 is 0 Å². The highest BCUT2D eigenvalue weighted by Crippen LogP contribution is 2.34. The Morgan fingerprint density at radius 3 is 2.37 bits per heavy atom. The summed E-state index contributed by atoms with van der Waals surface area (Å²) >= 11 is 0. The molecule has 2 fully saturated rings. The minimum absolute atomic E-state index is 0.122. The standard InChI is InChI=1S/C40H39F3N6O2/c1-23(30-7-4-8-32(37(30)41)38(42)43)45-39-33-20-35(44-21-34(33)24(2)47-48-39)29-6-3-5-25(19-29)22-49-17-15-27(16-18-49)26-9-11-28(12-10-26)31-13-14-36(50)46-40(31)51/h3-12,19-21,23,27,31,38H,13-18,22H2,1-2H3,(H,45,48)(H,46,50,51)/t23-,31?/m1/s1. The van der Waals surface area contributed by atoms with E-state index in [1.807, 2.05) is 37.3 Å². The molecule has 51 heavy (non-hydrogen) atoms. The number of nitrogens with zero attached hydrogens (tertiary/aromatic N) is 4. The highest BCUT2D eigenvalue weighted by atomic mass is 19.3. The molecule has 0 radical (unpaired) electrons. The first kappa shape index (κ1) is 34.3. The van der Waals surface area contributed by atoms with Crippen molar-refractivity contribution >= 4 is 28.4 Å². The molecule has 2 N–H and O–H groups in total. The molecule has 0 spiro atoms. The lowest BCUT2D eigenvalue weighted by atomic mass is 9.86. The van der Waals surface area contributed by atoms with E-state index in [0.717, 1.165) is 66.1 Å². The van der Waals surface area contributed by atoms with Crippen molar-refractivity contribution in [3.63, 3.8) is 0 Å². The van der Waals surface area contributed by atoms with Crippen LogP contribution in [0.2, 0.25) is 0 Å². The van der Waals surface area contributed by atoms with Crippen LogP contribution in [-0.4, -0.2) is 45.0 Å². The van der Waals surface area contributed by atoms with E-state index in [0.29, 0.717) is 30.3 Å². The number of pyridine rings is 1. The summed E-state index contributed by atoms with van der Waals surface area (Å²) in [6.45, 7) is 6.28. The summed E-state index contributed by atoms with van der Waals surface area (Å²) in [6, 6.07) is 22.0. The molecule has 2 saturated heterocycles. The average molecular weight is 693 g/mol. The van der Waals surface area contributed by atoms with Crippen molar-refractivity contribution in [3.8, 4) is 11.3 Å². The molecule has 2 aromatic heterocycles. The molecule has 2 aliphatic rings. The second-order valence-corrected chi connectivity index (χ2v) is 13.6. The van der Waals surface area contributed by atoms with Gasteiger partial charge < -0.3 is 5.32 Å². The summed E-state index contributed by atoms with van der Waals surface area (Å²) in [5, 5.41) is 15.8. The fourth-order valence-electron chi connectivity index (χ4n) is 7.31. The molecular formula is C40H39F3N6O2. The van der Waals surface area contributed by atoms with Crippen LogP contribution in [0.1, 0.15) is 90.4 Å². The predicted molar refractivity (Wildman–Crippen MR) is 190 cm³/mol. The van der Waals surface area contributed by atoms with E-state index in [4.69, 9.17) is 4.98 Å². The number of fused-ring (bicyclic) bond motifs is 1. The topological polar surface area (TPSA) is 100 Å². The van der Waals surface area contributed by atoms with Crippen LogP contribution in [0.5, 0.6) is 0 Å². The van der Waals surface area contributed by atoms with Gasteiger partial charge in [0.2, 0.25) is 11.8 Å². The number of carbonyl (C=O) groups excluding carboxylic acids is 2. The molecule has 0 bridgehead atoms. The summed E-state index contributed by atoms with van der Waals surface area (Å²) in [7, 11) is 0. The van der Waals surface area contributed by atoms with Crippen molar-refractivity contribution in [2.24, 2.45) is 0 Å². The third kappa shape index (κ3) is 7.35. The molecule has 262 valence electrons. The van der Waals surface area contributed by atoms with Gasteiger partial charge in [0.15, 0.2) is 5.82 Å². The van der Waals surface area contributed by atoms with E-state index in [2.05, 4.69) is 50.0 Å². The fraction of sp³-hybridized carbons (Fsp3) is 0.325. The van der Waals surface area contributed by atoms with E-state index < -0.39 is 23.8 Å². The zero-order valence-electron chi connectivity index (χ0n) is 28.5. The number of benzene rings is 3. The van der Waals surface area contributed by atoms with Gasteiger partial charge in [-0.05, 0) is 80.9 Å². The Kier molecular flexibility index (Phi) is 9.82. The van der Waals surface area contributed by atoms with Crippen LogP contribution in [0, 0.1) is 12.7 Å². The van der Waals surface area contributed by atoms with Gasteiger partial charge in [0.05, 0.1) is 28.9 Å². The van der Waals surface area contributed by atoms with Crippen LogP contribution in [0.3, 0.4) is 0 Å². The molecular weight excluding hydrogens is 653 g/mol. The summed E-state index contributed by atoms with van der Waals surface area (Å²) in [5.41, 5.74) is 5.29. The fourth-order valence-corrected chi connectivity index (χ4v) is 7.31. The monoisotopic (exact) mass is 692 g/mol. The zero-order chi connectivity index (χ0) is 35.6. The third-order valence-electron chi connectivity index (χ3n) is 10.2. The number of hydrogen-bond donors (Lipinski definition) is 2. The third-order valence-corrected chi connectivity index (χ3v) is 10.2. The van der Waals surface area contributed by atoms with Crippen molar-refractivity contribution in [1.82, 2.24) is 25.4 Å². The number of piperidine rings is 2. The number of aromatic nitrogens is 3. The molecule has 4 heterocycles. The number of carbonyl (C=O) groups is 2. The van der Waals surface area contributed by atoms with Gasteiger partial charge in [-0.1, -0.05) is 60.7 Å². The maximum absolute atomic E-state index is 14.9. The summed E-state index contributed by atoms with van der Waals surface area (Å²) in [4.78, 5) is 31.0. The van der Waals surface area contributed by atoms with Crippen LogP contribution in [-0.2, 0) is 16.1 Å². The number of aryl methyl sites for hydroxylation is 1. The van der Waals surface area contributed by atoms with Crippen LogP contribution in [0.15, 0.2) is 79.0 Å². The molecule has 7 rings (SSSR count). The van der Waals surface area contributed by atoms with Gasteiger partial charge in [-0.2, -0.15) is 5.10 Å². The van der Waals surface area contributed by atoms with Crippen LogP contribution in [0.4, 0.5) is 19.0 Å². The SMILES string of the molecule is Cc1nnc(N[C@H](C)c2cccc(C(F)F)c2F)c2cc(-c3cccc(CN4CCC(c5ccc(C6CCC(=O)NC6=O)cc5)CC4)c3)ncc12. The number of anilines is 1. The number of hydrogen-bond acceptors (Lipinski definition) is 7. The van der Waals surface area contributed by atoms with Gasteiger partial charge in [-0.25, -0.2) is 13.2 Å². The Hall–Kier alpha value is -5.16. The maximum atomic E-state index is 14.9. The molecule has 1 unspecified atom stereocenters. The van der Waals surface area contributed by atoms with Gasteiger partial charge in [0.1, 0.15) is 5.82 Å². The zero-order valence-corrected chi connectivity index (χ0v) is 28.5. The smallest absolute Gasteiger partial charge is 0.266 e. The first-order chi connectivity index (χ1) is 24.6. The summed E-state index contributed by atoms with van der Waals surface area (Å²) in [5.74, 6) is -0.739. The number of alkyl halides is 2. The Labute approximate surface area is 294 Å². The molecule has 0 saturated carbocycles. The summed E-state index contributed by atoms with van der Waals surface area (Å²) in [6.07, 6.45) is 1.85. The van der Waals surface area contributed by atoms with Gasteiger partial charge in [0, 0.05) is 41.1 Å². The van der Waals surface area contributed by atoms with E-state index in [-0.39, 0.29) is 23.3 Å². The number of likely N-dealkylation sites (tertiary alicyclic amines) is 1. The van der Waals surface area contributed by atoms with Gasteiger partial charge >= 0.3 is 0 Å².